The Balaban J connectivity index is 1.47. The van der Waals surface area contributed by atoms with Gasteiger partial charge in [-0.05, 0) is 109 Å². The summed E-state index contributed by atoms with van der Waals surface area (Å²) in [7, 11) is 1.35. The second-order valence-electron chi connectivity index (χ2n) is 12.4. The molecule has 1 amide bonds. The number of aromatic nitrogens is 1. The van der Waals surface area contributed by atoms with Gasteiger partial charge in [0.25, 0.3) is 0 Å². The van der Waals surface area contributed by atoms with Gasteiger partial charge in [-0.25, -0.2) is 14.2 Å². The third-order valence-electron chi connectivity index (χ3n) is 9.39. The number of carbonyl (C=O) groups is 2. The van der Waals surface area contributed by atoms with Crippen molar-refractivity contribution < 1.29 is 50.2 Å². The van der Waals surface area contributed by atoms with Crippen molar-refractivity contribution in [1.29, 1.82) is 0 Å². The van der Waals surface area contributed by atoms with E-state index < -0.39 is 59.2 Å². The average Bonchev–Trinajstić information content (AvgIpc) is 3.60. The van der Waals surface area contributed by atoms with Gasteiger partial charge in [-0.1, -0.05) is 6.07 Å². The third kappa shape index (κ3) is 6.22. The number of halogens is 7. The van der Waals surface area contributed by atoms with E-state index in [0.29, 0.717) is 39.4 Å². The lowest BCUT2D eigenvalue weighted by Crippen LogP contribution is -2.31. The number of carboxylic acid groups (broad SMARTS) is 1. The van der Waals surface area contributed by atoms with Crippen LogP contribution >= 0.6 is 0 Å². The van der Waals surface area contributed by atoms with Gasteiger partial charge < -0.3 is 14.7 Å². The molecule has 2 aliphatic rings. The molecule has 256 valence electrons. The molecule has 0 radical (unpaired) electrons. The minimum absolute atomic E-state index is 0.00341. The first-order valence-electron chi connectivity index (χ1n) is 15.3. The van der Waals surface area contributed by atoms with E-state index in [1.807, 2.05) is 0 Å². The molecule has 49 heavy (non-hydrogen) atoms. The first-order valence-corrected chi connectivity index (χ1v) is 15.3. The van der Waals surface area contributed by atoms with Crippen LogP contribution in [-0.2, 0) is 17.1 Å². The predicted octanol–water partition coefficient (Wildman–Crippen LogP) is 9.14. The molecule has 13 heteroatoms. The Hall–Kier alpha value is -4.94. The second-order valence-corrected chi connectivity index (χ2v) is 12.4. The number of nitrogens with zero attached hydrogens (tertiary/aromatic N) is 2. The van der Waals surface area contributed by atoms with Gasteiger partial charge in [0.1, 0.15) is 5.82 Å². The van der Waals surface area contributed by atoms with Gasteiger partial charge in [0.15, 0.2) is 0 Å². The molecular weight excluding hydrogens is 657 g/mol. The maximum atomic E-state index is 14.4. The largest absolute Gasteiger partial charge is 0.481 e. The van der Waals surface area contributed by atoms with Crippen molar-refractivity contribution in [3.05, 3.63) is 106 Å². The topological polar surface area (TPSA) is 79.7 Å². The van der Waals surface area contributed by atoms with Crippen LogP contribution in [0.25, 0.3) is 22.3 Å². The molecule has 3 atom stereocenters. The number of carboxylic acids is 1. The lowest BCUT2D eigenvalue weighted by atomic mass is 9.88. The number of fused-ring (bicyclic) bond motifs is 1. The van der Waals surface area contributed by atoms with Crippen LogP contribution in [0.4, 0.5) is 30.7 Å². The number of aryl methyl sites for hydroxylation is 2. The third-order valence-corrected chi connectivity index (χ3v) is 9.39. The van der Waals surface area contributed by atoms with Gasteiger partial charge in [-0.2, -0.15) is 26.3 Å². The van der Waals surface area contributed by atoms with E-state index in [4.69, 9.17) is 4.74 Å². The smallest absolute Gasteiger partial charge is 0.416 e. The molecule has 2 saturated heterocycles. The molecular formula is C36H29F7N2O4. The Morgan fingerprint density at radius 1 is 0.898 bits per heavy atom. The van der Waals surface area contributed by atoms with Crippen LogP contribution in [0.3, 0.4) is 0 Å². The fraction of sp³-hybridized carbons (Fsp3) is 0.306. The number of aromatic carboxylic acids is 1. The molecule has 3 heterocycles. The maximum Gasteiger partial charge on any atom is 0.416 e. The Labute approximate surface area is 276 Å². The fourth-order valence-electron chi connectivity index (χ4n) is 7.40. The highest BCUT2D eigenvalue weighted by Crippen LogP contribution is 2.52. The number of methoxy groups -OCH3 is 1. The van der Waals surface area contributed by atoms with Gasteiger partial charge >= 0.3 is 18.3 Å². The normalized spacial score (nSPS) is 19.3. The summed E-state index contributed by atoms with van der Waals surface area (Å²) in [5.41, 5.74) is 1.15. The number of amides is 1. The van der Waals surface area contributed by atoms with Crippen molar-refractivity contribution in [3.63, 3.8) is 0 Å². The first-order chi connectivity index (χ1) is 23.0. The Kier molecular flexibility index (Phi) is 8.44. The van der Waals surface area contributed by atoms with Crippen molar-refractivity contribution >= 4 is 11.9 Å². The molecule has 0 unspecified atom stereocenters. The van der Waals surface area contributed by atoms with Crippen molar-refractivity contribution in [2.75, 3.05) is 7.11 Å². The number of hydrogen-bond acceptors (Lipinski definition) is 4. The highest BCUT2D eigenvalue weighted by molar-refractivity contribution is 5.90. The molecule has 1 N–H and O–H groups in total. The van der Waals surface area contributed by atoms with Crippen LogP contribution in [0, 0.1) is 19.7 Å². The van der Waals surface area contributed by atoms with Crippen LogP contribution in [0.1, 0.15) is 75.0 Å². The molecule has 0 spiro atoms. The Morgan fingerprint density at radius 3 is 2.18 bits per heavy atom. The molecule has 6 rings (SSSR count). The monoisotopic (exact) mass is 686 g/mol. The molecule has 1 aromatic heterocycles. The zero-order valence-electron chi connectivity index (χ0n) is 26.3. The van der Waals surface area contributed by atoms with Gasteiger partial charge in [0, 0.05) is 35.7 Å². The number of alkyl halides is 6. The summed E-state index contributed by atoms with van der Waals surface area (Å²) in [6, 6.07) is 8.45. The van der Waals surface area contributed by atoms with Crippen LogP contribution in [-0.4, -0.2) is 40.0 Å². The standard InChI is InChI=1S/C36H29F7N2O4/c1-17-8-20(34(47)48)9-18(2)32(17)21-12-28(33(49-3)44-16-21)25-5-4-22(35(38,39)40)14-27(25)30-7-6-29-26(15-31(46)45(29)30)19-10-23(36(41,42)43)13-24(37)11-19/h4-5,8-14,16,26,29-30H,6-7,15H2,1-3H3,(H,47,48)/t26-,29+,30+/m1/s1. The van der Waals surface area contributed by atoms with E-state index in [-0.39, 0.29) is 41.8 Å². The number of rotatable bonds is 6. The molecule has 0 aliphatic carbocycles. The molecule has 3 aromatic carbocycles. The second kappa shape index (κ2) is 12.2. The minimum atomic E-state index is -4.82. The minimum Gasteiger partial charge on any atom is -0.481 e. The van der Waals surface area contributed by atoms with E-state index in [9.17, 15) is 45.4 Å². The molecule has 0 bridgehead atoms. The Bertz CT molecular complexity index is 1970. The van der Waals surface area contributed by atoms with Crippen molar-refractivity contribution in [1.82, 2.24) is 9.88 Å². The van der Waals surface area contributed by atoms with E-state index in [1.54, 1.807) is 19.9 Å². The Morgan fingerprint density at radius 2 is 1.57 bits per heavy atom. The van der Waals surface area contributed by atoms with E-state index in [2.05, 4.69) is 4.98 Å². The van der Waals surface area contributed by atoms with Crippen LogP contribution < -0.4 is 4.74 Å². The SMILES string of the molecule is COc1ncc(-c2c(C)cc(C(=O)O)cc2C)cc1-c1ccc(C(F)(F)F)cc1[C@@H]1CC[C@H]2[C@@H](c3cc(F)cc(C(F)(F)F)c3)CC(=O)N12. The van der Waals surface area contributed by atoms with Crippen molar-refractivity contribution in [3.8, 4) is 28.1 Å². The summed E-state index contributed by atoms with van der Waals surface area (Å²) in [5, 5.41) is 9.49. The summed E-state index contributed by atoms with van der Waals surface area (Å²) in [5.74, 6) is -3.40. The highest BCUT2D eigenvalue weighted by atomic mass is 19.4. The quantitative estimate of drug-likeness (QED) is 0.205. The van der Waals surface area contributed by atoms with E-state index in [0.717, 1.165) is 24.3 Å². The maximum absolute atomic E-state index is 14.4. The summed E-state index contributed by atoms with van der Waals surface area (Å²) in [6.07, 6.45) is -7.81. The zero-order chi connectivity index (χ0) is 35.6. The number of ether oxygens (including phenoxy) is 1. The van der Waals surface area contributed by atoms with Gasteiger partial charge in [-0.3, -0.25) is 4.79 Å². The van der Waals surface area contributed by atoms with E-state index in [1.165, 1.54) is 36.4 Å². The van der Waals surface area contributed by atoms with Gasteiger partial charge in [0.2, 0.25) is 11.8 Å². The summed E-state index contributed by atoms with van der Waals surface area (Å²) >= 11 is 0. The van der Waals surface area contributed by atoms with Crippen molar-refractivity contribution in [2.24, 2.45) is 0 Å². The number of benzene rings is 3. The highest BCUT2D eigenvalue weighted by Gasteiger charge is 2.49. The summed E-state index contributed by atoms with van der Waals surface area (Å²) in [4.78, 5) is 31.0. The molecule has 2 aliphatic heterocycles. The summed E-state index contributed by atoms with van der Waals surface area (Å²) < 4.78 is 103. The van der Waals surface area contributed by atoms with Crippen molar-refractivity contribution in [2.45, 2.75) is 63.5 Å². The summed E-state index contributed by atoms with van der Waals surface area (Å²) in [6.45, 7) is 3.46. The molecule has 2 fully saturated rings. The van der Waals surface area contributed by atoms with E-state index >= 15 is 0 Å². The first kappa shape index (κ1) is 33.9. The molecule has 0 saturated carbocycles. The predicted molar refractivity (Wildman–Crippen MR) is 164 cm³/mol. The van der Waals surface area contributed by atoms with Crippen LogP contribution in [0.2, 0.25) is 0 Å². The average molecular weight is 687 g/mol. The number of carbonyl (C=O) groups excluding carboxylic acids is 1. The van der Waals surface area contributed by atoms with Gasteiger partial charge in [0.05, 0.1) is 29.8 Å². The molecule has 6 nitrogen and oxygen atoms in total. The van der Waals surface area contributed by atoms with Crippen LogP contribution in [0.15, 0.2) is 60.8 Å². The molecule has 4 aromatic rings. The zero-order valence-corrected chi connectivity index (χ0v) is 26.3. The number of pyridine rings is 1. The number of hydrogen-bond donors (Lipinski definition) is 1. The lowest BCUT2D eigenvalue weighted by molar-refractivity contribution is -0.138. The van der Waals surface area contributed by atoms with Gasteiger partial charge in [-0.15, -0.1) is 0 Å². The lowest BCUT2D eigenvalue weighted by Gasteiger charge is -2.29. The van der Waals surface area contributed by atoms with Crippen LogP contribution in [0.5, 0.6) is 5.88 Å². The fourth-order valence-corrected chi connectivity index (χ4v) is 7.40.